The molecule has 17 heavy (non-hydrogen) atoms. The predicted molar refractivity (Wildman–Crippen MR) is 64.4 cm³/mol. The summed E-state index contributed by atoms with van der Waals surface area (Å²) < 4.78 is 0. The molecule has 0 fully saturated rings. The summed E-state index contributed by atoms with van der Waals surface area (Å²) in [7, 11) is 0. The van der Waals surface area contributed by atoms with Crippen LogP contribution >= 0.6 is 0 Å². The third kappa shape index (κ3) is 4.68. The van der Waals surface area contributed by atoms with Crippen molar-refractivity contribution in [2.45, 2.75) is 26.8 Å². The number of hydrogen-bond donors (Lipinski definition) is 2. The van der Waals surface area contributed by atoms with Gasteiger partial charge in [0.05, 0.1) is 6.42 Å². The molecule has 4 heteroatoms. The summed E-state index contributed by atoms with van der Waals surface area (Å²) in [5.74, 6) is -1.69. The number of nitrogens with one attached hydrogen (secondary N) is 1. The van der Waals surface area contributed by atoms with Gasteiger partial charge in [-0.2, -0.15) is 0 Å². The Morgan fingerprint density at radius 2 is 2.12 bits per heavy atom. The molecule has 0 heterocycles. The van der Waals surface area contributed by atoms with Crippen molar-refractivity contribution in [3.8, 4) is 0 Å². The molecule has 0 saturated heterocycles. The van der Waals surface area contributed by atoms with Crippen molar-refractivity contribution in [2.75, 3.05) is 0 Å². The van der Waals surface area contributed by atoms with Crippen molar-refractivity contribution in [2.24, 2.45) is 5.92 Å². The molecular formula is C13H17NO3. The Kier molecular flexibility index (Phi) is 4.69. The summed E-state index contributed by atoms with van der Waals surface area (Å²) in [6.07, 6.45) is -0.139. The van der Waals surface area contributed by atoms with Crippen molar-refractivity contribution in [1.82, 2.24) is 5.32 Å². The first-order valence-electron chi connectivity index (χ1n) is 5.54. The zero-order chi connectivity index (χ0) is 12.8. The first-order chi connectivity index (χ1) is 7.99. The Balaban J connectivity index is 2.45. The minimum absolute atomic E-state index is 0.139. The fourth-order valence-corrected chi connectivity index (χ4v) is 1.54. The van der Waals surface area contributed by atoms with Gasteiger partial charge in [-0.15, -0.1) is 0 Å². The Morgan fingerprint density at radius 3 is 2.71 bits per heavy atom. The number of aryl methyl sites for hydroxylation is 1. The number of carbonyl (C=O) groups excluding carboxylic acids is 1. The number of amides is 1. The molecule has 1 atom stereocenters. The van der Waals surface area contributed by atoms with E-state index in [0.717, 1.165) is 11.1 Å². The number of benzene rings is 1. The largest absolute Gasteiger partial charge is 0.481 e. The lowest BCUT2D eigenvalue weighted by molar-refractivity contribution is -0.140. The number of aliphatic carboxylic acids is 1. The lowest BCUT2D eigenvalue weighted by Crippen LogP contribution is -2.30. The van der Waals surface area contributed by atoms with E-state index in [1.807, 2.05) is 31.2 Å². The molecule has 2 N–H and O–H groups in total. The molecule has 1 amide bonds. The van der Waals surface area contributed by atoms with Crippen molar-refractivity contribution in [3.05, 3.63) is 35.4 Å². The third-order valence-corrected chi connectivity index (χ3v) is 2.48. The molecule has 0 aliphatic carbocycles. The van der Waals surface area contributed by atoms with Crippen LogP contribution in [0.4, 0.5) is 0 Å². The molecule has 4 nitrogen and oxygen atoms in total. The summed E-state index contributed by atoms with van der Waals surface area (Å²) in [5, 5.41) is 11.3. The van der Waals surface area contributed by atoms with Gasteiger partial charge in [-0.25, -0.2) is 0 Å². The Morgan fingerprint density at radius 1 is 1.41 bits per heavy atom. The molecule has 1 aromatic carbocycles. The smallest absolute Gasteiger partial charge is 0.304 e. The molecule has 0 radical (unpaired) electrons. The summed E-state index contributed by atoms with van der Waals surface area (Å²) in [6, 6.07) is 7.83. The molecular weight excluding hydrogens is 218 g/mol. The van der Waals surface area contributed by atoms with Crippen molar-refractivity contribution < 1.29 is 14.7 Å². The average Bonchev–Trinajstić information content (AvgIpc) is 2.25. The molecule has 92 valence electrons. The standard InChI is InChI=1S/C13H17NO3/c1-9-4-3-5-11(6-9)8-14-13(17)10(2)7-12(15)16/h3-6,10H,7-8H2,1-2H3,(H,14,17)(H,15,16). The van der Waals surface area contributed by atoms with E-state index in [9.17, 15) is 9.59 Å². The van der Waals surface area contributed by atoms with E-state index in [1.54, 1.807) is 6.92 Å². The van der Waals surface area contributed by atoms with E-state index >= 15 is 0 Å². The first kappa shape index (κ1) is 13.2. The highest BCUT2D eigenvalue weighted by atomic mass is 16.4. The summed E-state index contributed by atoms with van der Waals surface area (Å²) in [4.78, 5) is 22.0. The maximum atomic E-state index is 11.6. The van der Waals surface area contributed by atoms with E-state index in [2.05, 4.69) is 5.32 Å². The fourth-order valence-electron chi connectivity index (χ4n) is 1.54. The van der Waals surface area contributed by atoms with Crippen LogP contribution in [0.15, 0.2) is 24.3 Å². The number of rotatable bonds is 5. The number of carbonyl (C=O) groups is 2. The topological polar surface area (TPSA) is 66.4 Å². The van der Waals surface area contributed by atoms with Gasteiger partial charge in [0, 0.05) is 12.5 Å². The van der Waals surface area contributed by atoms with Gasteiger partial charge in [0.2, 0.25) is 5.91 Å². The highest BCUT2D eigenvalue weighted by Crippen LogP contribution is 2.05. The van der Waals surface area contributed by atoms with Crippen LogP contribution in [-0.4, -0.2) is 17.0 Å². The Labute approximate surface area is 101 Å². The number of hydrogen-bond acceptors (Lipinski definition) is 2. The zero-order valence-electron chi connectivity index (χ0n) is 10.1. The second-order valence-corrected chi connectivity index (χ2v) is 4.21. The van der Waals surface area contributed by atoms with E-state index in [-0.39, 0.29) is 12.3 Å². The molecule has 0 spiro atoms. The third-order valence-electron chi connectivity index (χ3n) is 2.48. The normalized spacial score (nSPS) is 11.9. The van der Waals surface area contributed by atoms with Crippen LogP contribution in [0.2, 0.25) is 0 Å². The maximum Gasteiger partial charge on any atom is 0.304 e. The Hall–Kier alpha value is -1.84. The number of carboxylic acid groups (broad SMARTS) is 1. The minimum atomic E-state index is -0.955. The summed E-state index contributed by atoms with van der Waals surface area (Å²) >= 11 is 0. The van der Waals surface area contributed by atoms with Gasteiger partial charge in [-0.1, -0.05) is 36.8 Å². The molecule has 0 aromatic heterocycles. The molecule has 0 saturated carbocycles. The quantitative estimate of drug-likeness (QED) is 0.816. The molecule has 0 bridgehead atoms. The second-order valence-electron chi connectivity index (χ2n) is 4.21. The lowest BCUT2D eigenvalue weighted by atomic mass is 10.1. The molecule has 0 aliphatic heterocycles. The van der Waals surface area contributed by atoms with Gasteiger partial charge < -0.3 is 10.4 Å². The molecule has 0 aliphatic rings. The van der Waals surface area contributed by atoms with Crippen LogP contribution in [0.5, 0.6) is 0 Å². The van der Waals surface area contributed by atoms with E-state index in [0.29, 0.717) is 6.54 Å². The molecule has 1 aromatic rings. The van der Waals surface area contributed by atoms with E-state index in [4.69, 9.17) is 5.11 Å². The number of carboxylic acids is 1. The highest BCUT2D eigenvalue weighted by molar-refractivity contribution is 5.82. The highest BCUT2D eigenvalue weighted by Gasteiger charge is 2.15. The second kappa shape index (κ2) is 6.03. The fraction of sp³-hybridized carbons (Fsp3) is 0.385. The maximum absolute atomic E-state index is 11.6. The van der Waals surface area contributed by atoms with Crippen LogP contribution < -0.4 is 5.32 Å². The van der Waals surface area contributed by atoms with Crippen LogP contribution in [0, 0.1) is 12.8 Å². The lowest BCUT2D eigenvalue weighted by Gasteiger charge is -2.10. The summed E-state index contributed by atoms with van der Waals surface area (Å²) in [6.45, 7) is 4.03. The zero-order valence-corrected chi connectivity index (χ0v) is 10.1. The van der Waals surface area contributed by atoms with Crippen molar-refractivity contribution >= 4 is 11.9 Å². The van der Waals surface area contributed by atoms with Crippen molar-refractivity contribution in [3.63, 3.8) is 0 Å². The molecule has 1 unspecified atom stereocenters. The van der Waals surface area contributed by atoms with Crippen LogP contribution in [0.3, 0.4) is 0 Å². The van der Waals surface area contributed by atoms with Gasteiger partial charge in [0.25, 0.3) is 0 Å². The van der Waals surface area contributed by atoms with Gasteiger partial charge in [0.15, 0.2) is 0 Å². The minimum Gasteiger partial charge on any atom is -0.481 e. The molecule has 1 rings (SSSR count). The average molecular weight is 235 g/mol. The van der Waals surface area contributed by atoms with E-state index < -0.39 is 11.9 Å². The van der Waals surface area contributed by atoms with E-state index in [1.165, 1.54) is 0 Å². The van der Waals surface area contributed by atoms with Crippen molar-refractivity contribution in [1.29, 1.82) is 0 Å². The Bertz CT molecular complexity index is 415. The SMILES string of the molecule is Cc1cccc(CNC(=O)C(C)CC(=O)O)c1. The van der Waals surface area contributed by atoms with Gasteiger partial charge in [-0.05, 0) is 12.5 Å². The predicted octanol–water partition coefficient (Wildman–Crippen LogP) is 1.72. The van der Waals surface area contributed by atoms with Gasteiger partial charge in [-0.3, -0.25) is 9.59 Å². The van der Waals surface area contributed by atoms with Crippen LogP contribution in [-0.2, 0) is 16.1 Å². The van der Waals surface area contributed by atoms with Crippen LogP contribution in [0.1, 0.15) is 24.5 Å². The van der Waals surface area contributed by atoms with Crippen LogP contribution in [0.25, 0.3) is 0 Å². The monoisotopic (exact) mass is 235 g/mol. The van der Waals surface area contributed by atoms with Gasteiger partial charge >= 0.3 is 5.97 Å². The first-order valence-corrected chi connectivity index (χ1v) is 5.54. The summed E-state index contributed by atoms with van der Waals surface area (Å²) in [5.41, 5.74) is 2.15. The van der Waals surface area contributed by atoms with Gasteiger partial charge in [0.1, 0.15) is 0 Å².